The molecular formula is C11H16BN. The van der Waals surface area contributed by atoms with E-state index in [9.17, 15) is 0 Å². The van der Waals surface area contributed by atoms with Gasteiger partial charge in [-0.25, -0.2) is 0 Å². The number of hydrogen-bond donors (Lipinski definition) is 0. The molecule has 0 unspecified atom stereocenters. The van der Waals surface area contributed by atoms with Crippen molar-refractivity contribution in [3.63, 3.8) is 0 Å². The fourth-order valence-electron chi connectivity index (χ4n) is 2.03. The summed E-state index contributed by atoms with van der Waals surface area (Å²) >= 11 is 0. The molecule has 1 aromatic heterocycles. The van der Waals surface area contributed by atoms with Crippen LogP contribution in [0.2, 0.25) is 0 Å². The van der Waals surface area contributed by atoms with Gasteiger partial charge in [-0.3, -0.25) is 4.98 Å². The van der Waals surface area contributed by atoms with Crippen molar-refractivity contribution >= 4 is 13.4 Å². The largest absolute Gasteiger partial charge is 0.268 e. The Morgan fingerprint density at radius 1 is 1.23 bits per heavy atom. The van der Waals surface area contributed by atoms with Gasteiger partial charge in [-0.15, -0.1) is 0 Å². The van der Waals surface area contributed by atoms with Crippen molar-refractivity contribution < 1.29 is 0 Å². The Labute approximate surface area is 81.0 Å². The van der Waals surface area contributed by atoms with Crippen LogP contribution in [-0.2, 0) is 12.8 Å². The standard InChI is InChI=1S/C11H16BN/c1-8-7-9-5-3-2-4-6-10(9)13-11(8)12/h7H,2-6,12H2,1H3. The molecule has 1 aromatic rings. The number of aromatic nitrogens is 1. The lowest BCUT2D eigenvalue weighted by atomic mass is 9.95. The second-order valence-corrected chi connectivity index (χ2v) is 4.06. The third-order valence-corrected chi connectivity index (χ3v) is 2.99. The predicted octanol–water partition coefficient (Wildman–Crippen LogP) is 0.917. The van der Waals surface area contributed by atoms with E-state index in [1.165, 1.54) is 54.5 Å². The summed E-state index contributed by atoms with van der Waals surface area (Å²) in [6, 6.07) is 2.34. The molecule has 1 aliphatic carbocycles. The molecule has 13 heavy (non-hydrogen) atoms. The third-order valence-electron chi connectivity index (χ3n) is 2.99. The van der Waals surface area contributed by atoms with Gasteiger partial charge in [-0.1, -0.05) is 12.5 Å². The first kappa shape index (κ1) is 8.80. The van der Waals surface area contributed by atoms with Crippen LogP contribution in [0.1, 0.15) is 36.1 Å². The maximum Gasteiger partial charge on any atom is 0.164 e. The first-order valence-corrected chi connectivity index (χ1v) is 5.23. The molecule has 68 valence electrons. The molecule has 0 bridgehead atoms. The van der Waals surface area contributed by atoms with Gasteiger partial charge in [0.2, 0.25) is 0 Å². The number of pyridine rings is 1. The van der Waals surface area contributed by atoms with E-state index in [1.54, 1.807) is 0 Å². The lowest BCUT2D eigenvalue weighted by Crippen LogP contribution is -2.16. The Balaban J connectivity index is 2.43. The molecule has 1 aliphatic rings. The minimum Gasteiger partial charge on any atom is -0.268 e. The topological polar surface area (TPSA) is 12.9 Å². The summed E-state index contributed by atoms with van der Waals surface area (Å²) in [4.78, 5) is 4.67. The van der Waals surface area contributed by atoms with Gasteiger partial charge >= 0.3 is 0 Å². The molecule has 0 aromatic carbocycles. The molecule has 0 amide bonds. The maximum atomic E-state index is 4.67. The van der Waals surface area contributed by atoms with E-state index >= 15 is 0 Å². The van der Waals surface area contributed by atoms with Gasteiger partial charge in [0.15, 0.2) is 7.85 Å². The fourth-order valence-corrected chi connectivity index (χ4v) is 2.03. The van der Waals surface area contributed by atoms with E-state index in [0.29, 0.717) is 0 Å². The Kier molecular flexibility index (Phi) is 2.39. The molecule has 0 saturated carbocycles. The van der Waals surface area contributed by atoms with Crippen LogP contribution in [0.25, 0.3) is 0 Å². The Bertz CT molecular complexity index is 289. The van der Waals surface area contributed by atoms with Crippen LogP contribution in [0.15, 0.2) is 6.07 Å². The Hall–Kier alpha value is -0.785. The monoisotopic (exact) mass is 173 g/mol. The lowest BCUT2D eigenvalue weighted by molar-refractivity contribution is 0.709. The van der Waals surface area contributed by atoms with E-state index in [4.69, 9.17) is 0 Å². The van der Waals surface area contributed by atoms with Gasteiger partial charge < -0.3 is 0 Å². The third kappa shape index (κ3) is 1.77. The van der Waals surface area contributed by atoms with Crippen LogP contribution in [0.4, 0.5) is 0 Å². The second-order valence-electron chi connectivity index (χ2n) is 4.06. The summed E-state index contributed by atoms with van der Waals surface area (Å²) in [5, 5.41) is 0. The lowest BCUT2D eigenvalue weighted by Gasteiger charge is -2.08. The van der Waals surface area contributed by atoms with Crippen LogP contribution < -0.4 is 5.59 Å². The number of hydrogen-bond acceptors (Lipinski definition) is 1. The SMILES string of the molecule is Bc1nc2c(cc1C)CCCCC2. The maximum absolute atomic E-state index is 4.67. The molecule has 0 N–H and O–H groups in total. The highest BCUT2D eigenvalue weighted by Gasteiger charge is 2.10. The molecule has 2 rings (SSSR count). The van der Waals surface area contributed by atoms with Crippen LogP contribution in [0.5, 0.6) is 0 Å². The fraction of sp³-hybridized carbons (Fsp3) is 0.545. The molecule has 1 nitrogen and oxygen atoms in total. The average Bonchev–Trinajstić information content (AvgIpc) is 2.31. The highest BCUT2D eigenvalue weighted by Crippen LogP contribution is 2.18. The van der Waals surface area contributed by atoms with Crippen molar-refractivity contribution in [1.29, 1.82) is 0 Å². The van der Waals surface area contributed by atoms with Gasteiger partial charge in [-0.2, -0.15) is 0 Å². The summed E-state index contributed by atoms with van der Waals surface area (Å²) in [5.41, 5.74) is 5.42. The highest BCUT2D eigenvalue weighted by atomic mass is 14.7. The van der Waals surface area contributed by atoms with Crippen molar-refractivity contribution in [3.8, 4) is 0 Å². The molecule has 0 spiro atoms. The Morgan fingerprint density at radius 3 is 2.85 bits per heavy atom. The van der Waals surface area contributed by atoms with Crippen LogP contribution in [0, 0.1) is 6.92 Å². The van der Waals surface area contributed by atoms with Gasteiger partial charge in [0.25, 0.3) is 0 Å². The molecule has 1 heterocycles. The highest BCUT2D eigenvalue weighted by molar-refractivity contribution is 6.31. The molecule has 0 atom stereocenters. The van der Waals surface area contributed by atoms with Crippen LogP contribution in [-0.4, -0.2) is 12.8 Å². The quantitative estimate of drug-likeness (QED) is 0.420. The van der Waals surface area contributed by atoms with E-state index < -0.39 is 0 Å². The Morgan fingerprint density at radius 2 is 2.00 bits per heavy atom. The molecule has 0 radical (unpaired) electrons. The predicted molar refractivity (Wildman–Crippen MR) is 58.4 cm³/mol. The summed E-state index contributed by atoms with van der Waals surface area (Å²) in [6.07, 6.45) is 6.47. The zero-order valence-electron chi connectivity index (χ0n) is 8.56. The van der Waals surface area contributed by atoms with Gasteiger partial charge in [-0.05, 0) is 49.3 Å². The van der Waals surface area contributed by atoms with E-state index in [2.05, 4.69) is 25.8 Å². The molecular weight excluding hydrogens is 157 g/mol. The molecule has 0 aliphatic heterocycles. The van der Waals surface area contributed by atoms with Crippen LogP contribution in [0.3, 0.4) is 0 Å². The van der Waals surface area contributed by atoms with E-state index in [0.717, 1.165) is 0 Å². The molecule has 0 fully saturated rings. The van der Waals surface area contributed by atoms with Crippen molar-refractivity contribution in [2.75, 3.05) is 0 Å². The van der Waals surface area contributed by atoms with Crippen molar-refractivity contribution in [3.05, 3.63) is 22.9 Å². The normalized spacial score (nSPS) is 16.4. The molecule has 0 saturated heterocycles. The number of fused-ring (bicyclic) bond motifs is 1. The van der Waals surface area contributed by atoms with E-state index in [-0.39, 0.29) is 0 Å². The summed E-state index contributed by atoms with van der Waals surface area (Å²) in [6.45, 7) is 2.16. The summed E-state index contributed by atoms with van der Waals surface area (Å²) in [5.74, 6) is 0. The minimum absolute atomic E-state index is 1.19. The summed E-state index contributed by atoms with van der Waals surface area (Å²) < 4.78 is 0. The van der Waals surface area contributed by atoms with Gasteiger partial charge in [0.1, 0.15) is 0 Å². The smallest absolute Gasteiger partial charge is 0.164 e. The summed E-state index contributed by atoms with van der Waals surface area (Å²) in [7, 11) is 2.11. The number of aryl methyl sites for hydroxylation is 3. The van der Waals surface area contributed by atoms with Gasteiger partial charge in [0, 0.05) is 5.69 Å². The van der Waals surface area contributed by atoms with Crippen LogP contribution >= 0.6 is 0 Å². The average molecular weight is 173 g/mol. The molecule has 2 heteroatoms. The zero-order valence-corrected chi connectivity index (χ0v) is 8.56. The van der Waals surface area contributed by atoms with E-state index in [1.807, 2.05) is 0 Å². The second kappa shape index (κ2) is 3.53. The zero-order chi connectivity index (χ0) is 9.26. The number of nitrogens with zero attached hydrogens (tertiary/aromatic N) is 1. The first-order chi connectivity index (χ1) is 6.27. The van der Waals surface area contributed by atoms with Crippen molar-refractivity contribution in [1.82, 2.24) is 4.98 Å². The number of rotatable bonds is 0. The first-order valence-electron chi connectivity index (χ1n) is 5.23. The van der Waals surface area contributed by atoms with Crippen molar-refractivity contribution in [2.24, 2.45) is 0 Å². The van der Waals surface area contributed by atoms with Gasteiger partial charge in [0.05, 0.1) is 0 Å². The van der Waals surface area contributed by atoms with Crippen molar-refractivity contribution in [2.45, 2.75) is 39.0 Å². The minimum atomic E-state index is 1.19.